The molecule has 0 aromatic heterocycles. The molecule has 0 bridgehead atoms. The highest BCUT2D eigenvalue weighted by Crippen LogP contribution is 2.21. The van der Waals surface area contributed by atoms with Crippen LogP contribution >= 0.6 is 0 Å². The van der Waals surface area contributed by atoms with Gasteiger partial charge < -0.3 is 10.6 Å². The van der Waals surface area contributed by atoms with E-state index < -0.39 is 46.0 Å². The summed E-state index contributed by atoms with van der Waals surface area (Å²) in [5, 5.41) is 5.60. The number of halogens is 1. The standard InChI is InChI=1S/C26H32FN3O4S/c1-18-7-6-10-23(15-18)30(19(2)26(33)29-21-8-4-3-5-9-21)25(32)17-35(34)16-24(31)28-22-13-11-20(27)12-14-22/h6-7,10-15,19,21H,3-5,8-9,16-17H2,1-2H3,(H,28,31)(H,29,33). The predicted molar refractivity (Wildman–Crippen MR) is 136 cm³/mol. The summed E-state index contributed by atoms with van der Waals surface area (Å²) in [6.07, 6.45) is 5.14. The average molecular weight is 502 g/mol. The van der Waals surface area contributed by atoms with Crippen molar-refractivity contribution in [1.29, 1.82) is 0 Å². The summed E-state index contributed by atoms with van der Waals surface area (Å²) in [6.45, 7) is 3.54. The molecule has 2 atom stereocenters. The molecule has 3 rings (SSSR count). The molecule has 1 fully saturated rings. The smallest absolute Gasteiger partial charge is 0.243 e. The van der Waals surface area contributed by atoms with Gasteiger partial charge in [-0.25, -0.2) is 4.39 Å². The molecule has 0 saturated heterocycles. The SMILES string of the molecule is Cc1cccc(N(C(=O)CS(=O)CC(=O)Nc2ccc(F)cc2)C(C)C(=O)NC2CCCCC2)c1. The summed E-state index contributed by atoms with van der Waals surface area (Å²) in [7, 11) is -1.80. The van der Waals surface area contributed by atoms with Crippen LogP contribution in [0.15, 0.2) is 48.5 Å². The third-order valence-electron chi connectivity index (χ3n) is 5.97. The number of benzene rings is 2. The Hall–Kier alpha value is -3.07. The highest BCUT2D eigenvalue weighted by atomic mass is 32.2. The van der Waals surface area contributed by atoms with Gasteiger partial charge in [0.05, 0.1) is 0 Å². The number of hydrogen-bond acceptors (Lipinski definition) is 4. The minimum absolute atomic E-state index is 0.0949. The van der Waals surface area contributed by atoms with Gasteiger partial charge in [0.15, 0.2) is 0 Å². The summed E-state index contributed by atoms with van der Waals surface area (Å²) in [4.78, 5) is 39.9. The Morgan fingerprint density at radius 2 is 1.74 bits per heavy atom. The Morgan fingerprint density at radius 1 is 1.06 bits per heavy atom. The van der Waals surface area contributed by atoms with Gasteiger partial charge in [0.1, 0.15) is 23.4 Å². The molecule has 188 valence electrons. The van der Waals surface area contributed by atoms with Gasteiger partial charge in [-0.3, -0.25) is 23.5 Å². The van der Waals surface area contributed by atoms with Gasteiger partial charge in [-0.2, -0.15) is 0 Å². The van der Waals surface area contributed by atoms with Crippen LogP contribution in [0.25, 0.3) is 0 Å². The topological polar surface area (TPSA) is 95.6 Å². The molecule has 7 nitrogen and oxygen atoms in total. The van der Waals surface area contributed by atoms with Crippen molar-refractivity contribution in [3.8, 4) is 0 Å². The normalized spacial score (nSPS) is 15.6. The van der Waals surface area contributed by atoms with Crippen LogP contribution < -0.4 is 15.5 Å². The molecule has 1 saturated carbocycles. The van der Waals surface area contributed by atoms with E-state index in [1.54, 1.807) is 25.1 Å². The van der Waals surface area contributed by atoms with E-state index in [2.05, 4.69) is 10.6 Å². The molecule has 35 heavy (non-hydrogen) atoms. The highest BCUT2D eigenvalue weighted by Gasteiger charge is 2.30. The maximum absolute atomic E-state index is 13.3. The number of carbonyl (C=O) groups excluding carboxylic acids is 3. The molecular formula is C26H32FN3O4S. The van der Waals surface area contributed by atoms with E-state index in [-0.39, 0.29) is 11.9 Å². The third-order valence-corrected chi connectivity index (χ3v) is 7.12. The van der Waals surface area contributed by atoms with Crippen molar-refractivity contribution in [2.45, 2.75) is 58.0 Å². The quantitative estimate of drug-likeness (QED) is 0.548. The van der Waals surface area contributed by atoms with Gasteiger partial charge in [0, 0.05) is 28.2 Å². The van der Waals surface area contributed by atoms with Crippen LogP contribution in [0, 0.1) is 12.7 Å². The number of amides is 3. The summed E-state index contributed by atoms with van der Waals surface area (Å²) in [5.74, 6) is -2.55. The van der Waals surface area contributed by atoms with Gasteiger partial charge in [-0.15, -0.1) is 0 Å². The lowest BCUT2D eigenvalue weighted by Crippen LogP contribution is -2.52. The van der Waals surface area contributed by atoms with Crippen LogP contribution in [0.4, 0.5) is 15.8 Å². The molecule has 1 aliphatic rings. The first-order chi connectivity index (χ1) is 16.7. The van der Waals surface area contributed by atoms with Crippen LogP contribution in [-0.4, -0.2) is 45.5 Å². The highest BCUT2D eigenvalue weighted by molar-refractivity contribution is 7.86. The van der Waals surface area contributed by atoms with E-state index in [0.717, 1.165) is 37.7 Å². The number of rotatable bonds is 9. The van der Waals surface area contributed by atoms with Crippen molar-refractivity contribution in [3.63, 3.8) is 0 Å². The second-order valence-corrected chi connectivity index (χ2v) is 10.4. The zero-order valence-electron chi connectivity index (χ0n) is 20.1. The van der Waals surface area contributed by atoms with Crippen molar-refractivity contribution in [1.82, 2.24) is 5.32 Å². The molecule has 2 N–H and O–H groups in total. The fourth-order valence-corrected chi connectivity index (χ4v) is 5.06. The maximum atomic E-state index is 13.3. The number of aryl methyl sites for hydroxylation is 1. The first kappa shape index (κ1) is 26.5. The fraction of sp³-hybridized carbons (Fsp3) is 0.423. The zero-order chi connectivity index (χ0) is 25.4. The van der Waals surface area contributed by atoms with E-state index in [4.69, 9.17) is 0 Å². The van der Waals surface area contributed by atoms with Gasteiger partial charge in [-0.1, -0.05) is 31.4 Å². The maximum Gasteiger partial charge on any atom is 0.243 e. The van der Waals surface area contributed by atoms with Crippen LogP contribution in [0.2, 0.25) is 0 Å². The Kier molecular flexibility index (Phi) is 9.54. The lowest BCUT2D eigenvalue weighted by molar-refractivity contribution is -0.126. The molecule has 2 aromatic carbocycles. The van der Waals surface area contributed by atoms with E-state index >= 15 is 0 Å². The average Bonchev–Trinajstić information content (AvgIpc) is 2.81. The van der Waals surface area contributed by atoms with Crippen molar-refractivity contribution >= 4 is 39.9 Å². The largest absolute Gasteiger partial charge is 0.352 e. The molecule has 0 radical (unpaired) electrons. The molecule has 1 aliphatic carbocycles. The number of nitrogens with zero attached hydrogens (tertiary/aromatic N) is 1. The van der Waals surface area contributed by atoms with E-state index in [0.29, 0.717) is 11.4 Å². The van der Waals surface area contributed by atoms with Crippen molar-refractivity contribution in [3.05, 3.63) is 59.9 Å². The zero-order valence-corrected chi connectivity index (χ0v) is 20.9. The molecule has 9 heteroatoms. The summed E-state index contributed by atoms with van der Waals surface area (Å²) < 4.78 is 25.7. The van der Waals surface area contributed by atoms with E-state index in [1.807, 2.05) is 13.0 Å². The molecule has 0 aliphatic heterocycles. The van der Waals surface area contributed by atoms with Gasteiger partial charge in [-0.05, 0) is 68.7 Å². The third kappa shape index (κ3) is 7.99. The molecule has 2 aromatic rings. The van der Waals surface area contributed by atoms with Gasteiger partial charge >= 0.3 is 0 Å². The van der Waals surface area contributed by atoms with Crippen molar-refractivity contribution < 1.29 is 23.0 Å². The molecule has 3 amide bonds. The molecule has 0 spiro atoms. The van der Waals surface area contributed by atoms with Gasteiger partial charge in [0.25, 0.3) is 0 Å². The Labute approximate surface area is 207 Å². The van der Waals surface area contributed by atoms with Crippen LogP contribution in [-0.2, 0) is 25.2 Å². The minimum Gasteiger partial charge on any atom is -0.352 e. The molecule has 2 unspecified atom stereocenters. The number of hydrogen-bond donors (Lipinski definition) is 2. The van der Waals surface area contributed by atoms with Crippen LogP contribution in [0.1, 0.15) is 44.6 Å². The summed E-state index contributed by atoms with van der Waals surface area (Å²) in [5.41, 5.74) is 1.82. The minimum atomic E-state index is -1.80. The number of carbonyl (C=O) groups is 3. The first-order valence-corrected chi connectivity index (χ1v) is 13.3. The Balaban J connectivity index is 1.67. The lowest BCUT2D eigenvalue weighted by Gasteiger charge is -2.31. The van der Waals surface area contributed by atoms with Crippen LogP contribution in [0.5, 0.6) is 0 Å². The lowest BCUT2D eigenvalue weighted by atomic mass is 9.95. The fourth-order valence-electron chi connectivity index (χ4n) is 4.18. The Bertz CT molecular complexity index is 1070. The predicted octanol–water partition coefficient (Wildman–Crippen LogP) is 3.69. The van der Waals surface area contributed by atoms with Crippen molar-refractivity contribution in [2.24, 2.45) is 0 Å². The second kappa shape index (κ2) is 12.6. The summed E-state index contributed by atoms with van der Waals surface area (Å²) >= 11 is 0. The van der Waals surface area contributed by atoms with E-state index in [9.17, 15) is 23.0 Å². The monoisotopic (exact) mass is 501 g/mol. The van der Waals surface area contributed by atoms with E-state index in [1.165, 1.54) is 29.2 Å². The second-order valence-electron chi connectivity index (χ2n) is 8.91. The van der Waals surface area contributed by atoms with Crippen molar-refractivity contribution in [2.75, 3.05) is 21.7 Å². The molecular weight excluding hydrogens is 469 g/mol. The van der Waals surface area contributed by atoms with Gasteiger partial charge in [0.2, 0.25) is 17.7 Å². The first-order valence-electron chi connectivity index (χ1n) is 11.8. The Morgan fingerprint density at radius 3 is 2.40 bits per heavy atom. The van der Waals surface area contributed by atoms with Crippen LogP contribution in [0.3, 0.4) is 0 Å². The number of nitrogens with one attached hydrogen (secondary N) is 2. The molecule has 0 heterocycles. The summed E-state index contributed by atoms with van der Waals surface area (Å²) in [6, 6.07) is 11.7. The number of anilines is 2.